The number of allylic oxidation sites excluding steroid dienone is 1. The van der Waals surface area contributed by atoms with E-state index in [4.69, 9.17) is 9.47 Å². The Morgan fingerprint density at radius 3 is 2.51 bits per heavy atom. The van der Waals surface area contributed by atoms with Crippen LogP contribution >= 0.6 is 0 Å². The number of carbonyl (C=O) groups is 1. The number of alkyl halides is 3. The van der Waals surface area contributed by atoms with Gasteiger partial charge in [-0.1, -0.05) is 26.3 Å². The first kappa shape index (κ1) is 26.8. The van der Waals surface area contributed by atoms with E-state index in [9.17, 15) is 18.0 Å². The zero-order valence-corrected chi connectivity index (χ0v) is 21.2. The number of benzene rings is 1. The van der Waals surface area contributed by atoms with Gasteiger partial charge in [0.15, 0.2) is 5.49 Å². The fraction of sp³-hybridized carbons (Fsp3) is 0.538. The van der Waals surface area contributed by atoms with Gasteiger partial charge >= 0.3 is 6.18 Å². The van der Waals surface area contributed by atoms with Crippen molar-refractivity contribution < 1.29 is 27.4 Å². The maximum atomic E-state index is 13.4. The van der Waals surface area contributed by atoms with Crippen molar-refractivity contribution in [1.82, 2.24) is 9.36 Å². The number of hydrogen-bond donors (Lipinski definition) is 0. The largest absolute Gasteiger partial charge is 0.489 e. The van der Waals surface area contributed by atoms with Crippen molar-refractivity contribution in [3.63, 3.8) is 0 Å². The van der Waals surface area contributed by atoms with E-state index in [0.717, 1.165) is 36.2 Å². The summed E-state index contributed by atoms with van der Waals surface area (Å²) < 4.78 is 55.4. The van der Waals surface area contributed by atoms with Crippen LogP contribution in [0, 0.1) is 0 Å². The highest BCUT2D eigenvalue weighted by atomic mass is 19.4. The number of hydrogen-bond acceptors (Lipinski definition) is 3. The molecular formula is C26H34F3N3O3. The fourth-order valence-electron chi connectivity index (χ4n) is 4.02. The molecule has 1 fully saturated rings. The smallest absolute Gasteiger partial charge is 0.416 e. The van der Waals surface area contributed by atoms with Gasteiger partial charge in [0, 0.05) is 30.8 Å². The monoisotopic (exact) mass is 493 g/mol. The Morgan fingerprint density at radius 1 is 1.23 bits per heavy atom. The third-order valence-electron chi connectivity index (χ3n) is 5.89. The van der Waals surface area contributed by atoms with E-state index in [1.165, 1.54) is 6.07 Å². The summed E-state index contributed by atoms with van der Waals surface area (Å²) in [5.41, 5.74) is 0.895. The van der Waals surface area contributed by atoms with Gasteiger partial charge in [0.2, 0.25) is 0 Å². The summed E-state index contributed by atoms with van der Waals surface area (Å²) in [5, 5.41) is 0. The van der Waals surface area contributed by atoms with Crippen LogP contribution < -0.4 is 10.2 Å². The van der Waals surface area contributed by atoms with E-state index >= 15 is 0 Å². The van der Waals surface area contributed by atoms with Crippen molar-refractivity contribution in [2.45, 2.75) is 71.7 Å². The highest BCUT2D eigenvalue weighted by Crippen LogP contribution is 2.33. The van der Waals surface area contributed by atoms with E-state index in [2.05, 4.69) is 4.99 Å². The van der Waals surface area contributed by atoms with Crippen molar-refractivity contribution in [3.05, 3.63) is 58.2 Å². The van der Waals surface area contributed by atoms with Crippen LogP contribution in [0.2, 0.25) is 0 Å². The SMILES string of the molecule is CC(C)=CCOc1ccc(C(F)(F)F)cc1C(=O)/N=c1\cc(C(C)(C)C)n(C)n1C[C@H]1CCCO1. The maximum Gasteiger partial charge on any atom is 0.416 e. The first-order chi connectivity index (χ1) is 16.3. The molecule has 0 saturated carbocycles. The normalized spacial score (nSPS) is 17.1. The summed E-state index contributed by atoms with van der Waals surface area (Å²) in [6.07, 6.45) is -0.969. The van der Waals surface area contributed by atoms with Crippen LogP contribution in [-0.2, 0) is 29.9 Å². The Hall–Kier alpha value is -2.81. The average Bonchev–Trinajstić information content (AvgIpc) is 3.36. The summed E-state index contributed by atoms with van der Waals surface area (Å²) in [6.45, 7) is 11.2. The van der Waals surface area contributed by atoms with Crippen LogP contribution in [0.4, 0.5) is 13.2 Å². The number of carbonyl (C=O) groups excluding carboxylic acids is 1. The molecule has 9 heteroatoms. The summed E-state index contributed by atoms with van der Waals surface area (Å²) in [7, 11) is 1.89. The molecule has 1 atom stereocenters. The predicted molar refractivity (Wildman–Crippen MR) is 127 cm³/mol. The lowest BCUT2D eigenvalue weighted by Gasteiger charge is -2.21. The van der Waals surface area contributed by atoms with E-state index in [0.29, 0.717) is 18.6 Å². The quantitative estimate of drug-likeness (QED) is 0.506. The Balaban J connectivity index is 2.09. The van der Waals surface area contributed by atoms with E-state index < -0.39 is 17.6 Å². The first-order valence-corrected chi connectivity index (χ1v) is 11.7. The van der Waals surface area contributed by atoms with E-state index in [1.54, 1.807) is 6.08 Å². The maximum absolute atomic E-state index is 13.4. The number of aromatic nitrogens is 2. The minimum Gasteiger partial charge on any atom is -0.489 e. The fourth-order valence-corrected chi connectivity index (χ4v) is 4.02. The van der Waals surface area contributed by atoms with Crippen molar-refractivity contribution in [2.75, 3.05) is 13.2 Å². The van der Waals surface area contributed by atoms with Gasteiger partial charge in [-0.15, -0.1) is 0 Å². The molecule has 3 rings (SSSR count). The van der Waals surface area contributed by atoms with Crippen molar-refractivity contribution in [1.29, 1.82) is 0 Å². The molecule has 0 aliphatic carbocycles. The Kier molecular flexibility index (Phi) is 7.99. The Labute approximate surface area is 204 Å². The molecule has 1 saturated heterocycles. The van der Waals surface area contributed by atoms with Gasteiger partial charge in [-0.25, -0.2) is 0 Å². The number of rotatable bonds is 6. The van der Waals surface area contributed by atoms with Crippen LogP contribution in [0.1, 0.15) is 69.1 Å². The summed E-state index contributed by atoms with van der Waals surface area (Å²) in [4.78, 5) is 17.6. The van der Waals surface area contributed by atoms with Crippen LogP contribution in [0.15, 0.2) is 40.9 Å². The van der Waals surface area contributed by atoms with Crippen molar-refractivity contribution in [2.24, 2.45) is 12.0 Å². The van der Waals surface area contributed by atoms with Gasteiger partial charge in [-0.3, -0.25) is 14.2 Å². The average molecular weight is 494 g/mol. The number of halogens is 3. The molecule has 35 heavy (non-hydrogen) atoms. The second-order valence-corrected chi connectivity index (χ2v) is 10.1. The number of ether oxygens (including phenoxy) is 2. The molecule has 1 amide bonds. The van der Waals surface area contributed by atoms with Gasteiger partial charge < -0.3 is 9.47 Å². The molecule has 1 aliphatic rings. The molecular weight excluding hydrogens is 459 g/mol. The second-order valence-electron chi connectivity index (χ2n) is 10.1. The van der Waals surface area contributed by atoms with Crippen LogP contribution in [-0.4, -0.2) is 34.6 Å². The topological polar surface area (TPSA) is 57.8 Å². The van der Waals surface area contributed by atoms with Gasteiger partial charge in [0.05, 0.1) is 23.8 Å². The molecule has 192 valence electrons. The number of amides is 1. The first-order valence-electron chi connectivity index (χ1n) is 11.7. The van der Waals surface area contributed by atoms with Gasteiger partial charge in [0.25, 0.3) is 5.91 Å². The molecule has 0 N–H and O–H groups in total. The van der Waals surface area contributed by atoms with E-state index in [-0.39, 0.29) is 29.4 Å². The summed E-state index contributed by atoms with van der Waals surface area (Å²) in [5.74, 6) is -0.739. The van der Waals surface area contributed by atoms with E-state index in [1.807, 2.05) is 57.1 Å². The standard InChI is InChI=1S/C26H34F3N3O3/c1-17(2)11-13-35-21-10-9-18(26(27,28)29)14-20(21)24(33)30-23-15-22(25(3,4)5)31(6)32(23)16-19-8-7-12-34-19/h9-11,14-15,19H,7-8,12-13,16H2,1-6H3/b30-23+/t19-/m1/s1. The van der Waals surface area contributed by atoms with Crippen molar-refractivity contribution in [3.8, 4) is 5.75 Å². The van der Waals surface area contributed by atoms with Gasteiger partial charge in [-0.05, 0) is 51.0 Å². The molecule has 0 spiro atoms. The third kappa shape index (κ3) is 6.66. The van der Waals surface area contributed by atoms with Crippen LogP contribution in [0.3, 0.4) is 0 Å². The van der Waals surface area contributed by atoms with Gasteiger partial charge in [-0.2, -0.15) is 18.2 Å². The highest BCUT2D eigenvalue weighted by molar-refractivity contribution is 5.97. The zero-order chi connectivity index (χ0) is 26.0. The molecule has 1 aliphatic heterocycles. The molecule has 2 heterocycles. The third-order valence-corrected chi connectivity index (χ3v) is 5.89. The molecule has 1 aromatic heterocycles. The molecule has 0 unspecified atom stereocenters. The lowest BCUT2D eigenvalue weighted by atomic mass is 9.92. The zero-order valence-electron chi connectivity index (χ0n) is 21.2. The van der Waals surface area contributed by atoms with Crippen LogP contribution in [0.25, 0.3) is 0 Å². The molecule has 0 radical (unpaired) electrons. The minimum absolute atomic E-state index is 0.0120. The minimum atomic E-state index is -4.60. The van der Waals surface area contributed by atoms with Gasteiger partial charge in [0.1, 0.15) is 12.4 Å². The molecule has 1 aromatic carbocycles. The Bertz CT molecular complexity index is 1160. The number of nitrogens with zero attached hydrogens (tertiary/aromatic N) is 3. The molecule has 2 aromatic rings. The molecule has 0 bridgehead atoms. The predicted octanol–water partition coefficient (Wildman–Crippen LogP) is 5.41. The lowest BCUT2D eigenvalue weighted by Crippen LogP contribution is -2.30. The highest BCUT2D eigenvalue weighted by Gasteiger charge is 2.32. The second kappa shape index (κ2) is 10.4. The summed E-state index contributed by atoms with van der Waals surface area (Å²) in [6, 6.07) is 4.70. The summed E-state index contributed by atoms with van der Waals surface area (Å²) >= 11 is 0. The molecule has 6 nitrogen and oxygen atoms in total. The van der Waals surface area contributed by atoms with Crippen LogP contribution in [0.5, 0.6) is 5.75 Å². The van der Waals surface area contributed by atoms with Crippen molar-refractivity contribution >= 4 is 5.91 Å². The Morgan fingerprint density at radius 2 is 1.94 bits per heavy atom. The lowest BCUT2D eigenvalue weighted by molar-refractivity contribution is -0.137.